The number of halogens is 2. The van der Waals surface area contributed by atoms with E-state index >= 15 is 0 Å². The zero-order chi connectivity index (χ0) is 20.2. The van der Waals surface area contributed by atoms with Crippen LogP contribution in [0.2, 0.25) is 5.02 Å². The molecule has 8 heteroatoms. The van der Waals surface area contributed by atoms with Crippen LogP contribution in [-0.2, 0) is 11.3 Å². The molecule has 3 aromatic rings. The number of morpholine rings is 1. The quantitative estimate of drug-likeness (QED) is 0.588. The number of amides is 1. The number of carbonyl (C=O) groups is 1. The number of benzene rings is 2. The van der Waals surface area contributed by atoms with Crippen molar-refractivity contribution in [3.05, 3.63) is 69.9 Å². The summed E-state index contributed by atoms with van der Waals surface area (Å²) in [7, 11) is 0. The number of thiazole rings is 1. The Labute approximate surface area is 176 Å². The van der Waals surface area contributed by atoms with Gasteiger partial charge >= 0.3 is 0 Å². The molecule has 1 aliphatic heterocycles. The standard InChI is InChI=1S/C21H18ClFN2O3S/c22-17-2-1-3-18(23)16(17)12-28-15-6-4-14(5-7-15)20-24-19(13-29-20)21(26)25-8-10-27-11-9-25/h1-7,13H,8-12H2. The van der Waals surface area contributed by atoms with E-state index < -0.39 is 5.82 Å². The third-order valence-corrected chi connectivity index (χ3v) is 5.81. The zero-order valence-electron chi connectivity index (χ0n) is 15.4. The highest BCUT2D eigenvalue weighted by Gasteiger charge is 2.21. The lowest BCUT2D eigenvalue weighted by Gasteiger charge is -2.25. The smallest absolute Gasteiger partial charge is 0.273 e. The third-order valence-electron chi connectivity index (χ3n) is 4.57. The van der Waals surface area contributed by atoms with Crippen molar-refractivity contribution in [2.45, 2.75) is 6.61 Å². The maximum absolute atomic E-state index is 13.8. The fraction of sp³-hybridized carbons (Fsp3) is 0.238. The van der Waals surface area contributed by atoms with Crippen LogP contribution in [-0.4, -0.2) is 42.1 Å². The minimum absolute atomic E-state index is 0.0420. The topological polar surface area (TPSA) is 51.7 Å². The Morgan fingerprint density at radius 2 is 1.97 bits per heavy atom. The molecule has 0 spiro atoms. The fourth-order valence-corrected chi connectivity index (χ4v) is 3.97. The molecule has 0 unspecified atom stereocenters. The van der Waals surface area contributed by atoms with Crippen molar-refractivity contribution in [3.63, 3.8) is 0 Å². The van der Waals surface area contributed by atoms with Crippen LogP contribution in [0.25, 0.3) is 10.6 Å². The Morgan fingerprint density at radius 3 is 2.69 bits per heavy atom. The minimum atomic E-state index is -0.394. The van der Waals surface area contributed by atoms with Crippen molar-refractivity contribution in [3.8, 4) is 16.3 Å². The van der Waals surface area contributed by atoms with E-state index in [4.69, 9.17) is 21.1 Å². The van der Waals surface area contributed by atoms with Crippen LogP contribution in [0, 0.1) is 5.82 Å². The molecule has 5 nitrogen and oxygen atoms in total. The van der Waals surface area contributed by atoms with Crippen molar-refractivity contribution >= 4 is 28.8 Å². The van der Waals surface area contributed by atoms with Crippen LogP contribution < -0.4 is 4.74 Å². The van der Waals surface area contributed by atoms with E-state index in [9.17, 15) is 9.18 Å². The van der Waals surface area contributed by atoms with Gasteiger partial charge < -0.3 is 14.4 Å². The van der Waals surface area contributed by atoms with Crippen molar-refractivity contribution in [2.24, 2.45) is 0 Å². The molecule has 2 heterocycles. The van der Waals surface area contributed by atoms with E-state index in [0.29, 0.717) is 48.3 Å². The van der Waals surface area contributed by atoms with Gasteiger partial charge in [-0.3, -0.25) is 4.79 Å². The molecule has 0 aliphatic carbocycles. The number of nitrogens with zero attached hydrogens (tertiary/aromatic N) is 2. The number of ether oxygens (including phenoxy) is 2. The summed E-state index contributed by atoms with van der Waals surface area (Å²) in [5.74, 6) is 0.126. The Kier molecular flexibility index (Phi) is 6.08. The molecule has 0 atom stereocenters. The van der Waals surface area contributed by atoms with Gasteiger partial charge in [0, 0.05) is 29.6 Å². The van der Waals surface area contributed by atoms with Crippen molar-refractivity contribution in [1.29, 1.82) is 0 Å². The molecular formula is C21H18ClFN2O3S. The first-order chi connectivity index (χ1) is 14.1. The average molecular weight is 433 g/mol. The van der Waals surface area contributed by atoms with Gasteiger partial charge in [0.1, 0.15) is 28.9 Å². The maximum atomic E-state index is 13.8. The third kappa shape index (κ3) is 4.58. The monoisotopic (exact) mass is 432 g/mol. The number of rotatable bonds is 5. The molecule has 0 bridgehead atoms. The van der Waals surface area contributed by atoms with Crippen LogP contribution in [0.4, 0.5) is 4.39 Å². The fourth-order valence-electron chi connectivity index (χ4n) is 2.95. The molecule has 1 saturated heterocycles. The summed E-state index contributed by atoms with van der Waals surface area (Å²) >= 11 is 7.44. The lowest BCUT2D eigenvalue weighted by Crippen LogP contribution is -2.40. The summed E-state index contributed by atoms with van der Waals surface area (Å²) in [6, 6.07) is 11.8. The first kappa shape index (κ1) is 19.8. The predicted octanol–water partition coefficient (Wildman–Crippen LogP) is 4.65. The average Bonchev–Trinajstić information content (AvgIpc) is 3.24. The van der Waals surface area contributed by atoms with Gasteiger partial charge in [-0.25, -0.2) is 9.37 Å². The van der Waals surface area contributed by atoms with E-state index in [0.717, 1.165) is 10.6 Å². The molecule has 1 fully saturated rings. The van der Waals surface area contributed by atoms with E-state index in [1.165, 1.54) is 17.4 Å². The summed E-state index contributed by atoms with van der Waals surface area (Å²) in [4.78, 5) is 18.8. The van der Waals surface area contributed by atoms with Gasteiger partial charge in [0.25, 0.3) is 5.91 Å². The molecule has 2 aromatic carbocycles. The summed E-state index contributed by atoms with van der Waals surface area (Å²) in [6.07, 6.45) is 0. The first-order valence-electron chi connectivity index (χ1n) is 9.10. The van der Waals surface area contributed by atoms with E-state index in [-0.39, 0.29) is 12.5 Å². The van der Waals surface area contributed by atoms with Crippen LogP contribution in [0.5, 0.6) is 5.75 Å². The van der Waals surface area contributed by atoms with Gasteiger partial charge in [-0.15, -0.1) is 11.3 Å². The normalized spacial score (nSPS) is 14.1. The van der Waals surface area contributed by atoms with Crippen LogP contribution in [0.15, 0.2) is 47.8 Å². The highest BCUT2D eigenvalue weighted by molar-refractivity contribution is 7.13. The van der Waals surface area contributed by atoms with Gasteiger partial charge in [-0.05, 0) is 36.4 Å². The van der Waals surface area contributed by atoms with Gasteiger partial charge in [-0.1, -0.05) is 17.7 Å². The second-order valence-electron chi connectivity index (χ2n) is 6.46. The van der Waals surface area contributed by atoms with E-state index in [1.807, 2.05) is 12.1 Å². The Bertz CT molecular complexity index is 983. The summed E-state index contributed by atoms with van der Waals surface area (Å²) < 4.78 is 24.8. The minimum Gasteiger partial charge on any atom is -0.489 e. The van der Waals surface area contributed by atoms with Crippen molar-refractivity contribution in [1.82, 2.24) is 9.88 Å². The number of hydrogen-bond donors (Lipinski definition) is 0. The van der Waals surface area contributed by atoms with E-state index in [2.05, 4.69) is 4.98 Å². The summed E-state index contributed by atoms with van der Waals surface area (Å²) in [5, 5.41) is 2.87. The highest BCUT2D eigenvalue weighted by atomic mass is 35.5. The lowest BCUT2D eigenvalue weighted by atomic mass is 10.2. The Hall–Kier alpha value is -2.48. The number of carbonyl (C=O) groups excluding carboxylic acids is 1. The second kappa shape index (κ2) is 8.90. The van der Waals surface area contributed by atoms with Crippen LogP contribution >= 0.6 is 22.9 Å². The SMILES string of the molecule is O=C(c1csc(-c2ccc(OCc3c(F)cccc3Cl)cc2)n1)N1CCOCC1. The van der Waals surface area contributed by atoms with Crippen LogP contribution in [0.1, 0.15) is 16.1 Å². The van der Waals surface area contributed by atoms with Crippen molar-refractivity contribution in [2.75, 3.05) is 26.3 Å². The summed E-state index contributed by atoms with van der Waals surface area (Å²) in [5.41, 5.74) is 1.65. The van der Waals surface area contributed by atoms with E-state index in [1.54, 1.807) is 34.5 Å². The van der Waals surface area contributed by atoms with Crippen LogP contribution in [0.3, 0.4) is 0 Å². The highest BCUT2D eigenvalue weighted by Crippen LogP contribution is 2.27. The molecule has 150 valence electrons. The molecule has 1 aromatic heterocycles. The molecule has 4 rings (SSSR count). The Balaban J connectivity index is 1.42. The number of hydrogen-bond acceptors (Lipinski definition) is 5. The molecule has 0 radical (unpaired) electrons. The molecule has 0 saturated carbocycles. The molecule has 0 N–H and O–H groups in total. The second-order valence-corrected chi connectivity index (χ2v) is 7.72. The van der Waals surface area contributed by atoms with Crippen molar-refractivity contribution < 1.29 is 18.7 Å². The molecule has 1 aliphatic rings. The Morgan fingerprint density at radius 1 is 1.21 bits per heavy atom. The first-order valence-corrected chi connectivity index (χ1v) is 10.4. The van der Waals surface area contributed by atoms with Gasteiger partial charge in [0.05, 0.1) is 18.2 Å². The number of aromatic nitrogens is 1. The summed E-state index contributed by atoms with van der Waals surface area (Å²) in [6.45, 7) is 2.33. The molecular weight excluding hydrogens is 415 g/mol. The predicted molar refractivity (Wildman–Crippen MR) is 110 cm³/mol. The lowest BCUT2D eigenvalue weighted by molar-refractivity contribution is 0.0299. The molecule has 1 amide bonds. The largest absolute Gasteiger partial charge is 0.489 e. The zero-order valence-corrected chi connectivity index (χ0v) is 17.0. The molecule has 29 heavy (non-hydrogen) atoms. The van der Waals surface area contributed by atoms with Gasteiger partial charge in [-0.2, -0.15) is 0 Å². The van der Waals surface area contributed by atoms with Gasteiger partial charge in [0.15, 0.2) is 0 Å². The van der Waals surface area contributed by atoms with Gasteiger partial charge in [0.2, 0.25) is 0 Å². The maximum Gasteiger partial charge on any atom is 0.273 e.